The van der Waals surface area contributed by atoms with E-state index in [1.165, 1.54) is 30.5 Å². The normalized spacial score (nSPS) is 11.6. The van der Waals surface area contributed by atoms with Crippen molar-refractivity contribution in [3.05, 3.63) is 65.2 Å². The molecule has 2 N–H and O–H groups in total. The summed E-state index contributed by atoms with van der Waals surface area (Å²) in [5.41, 5.74) is 2.94. The number of carboxylic acids is 1. The molecule has 0 aromatic heterocycles. The molecule has 2 aromatic carbocycles. The Kier molecular flexibility index (Phi) is 4.45. The van der Waals surface area contributed by atoms with Crippen LogP contribution in [0.2, 0.25) is 0 Å². The molecular weight excluding hydrogens is 297 g/mol. The van der Waals surface area contributed by atoms with Crippen LogP contribution >= 0.6 is 0 Å². The van der Waals surface area contributed by atoms with Crippen LogP contribution < -0.4 is 5.43 Å². The van der Waals surface area contributed by atoms with Gasteiger partial charge in [-0.2, -0.15) is 18.3 Å². The number of nitrogens with zero attached hydrogens (tertiary/aromatic N) is 1. The van der Waals surface area contributed by atoms with Crippen molar-refractivity contribution in [2.45, 2.75) is 6.18 Å². The number of rotatable bonds is 4. The molecule has 0 saturated carbocycles. The van der Waals surface area contributed by atoms with Gasteiger partial charge < -0.3 is 5.11 Å². The lowest BCUT2D eigenvalue weighted by molar-refractivity contribution is -0.137. The summed E-state index contributed by atoms with van der Waals surface area (Å²) in [7, 11) is 0. The van der Waals surface area contributed by atoms with E-state index >= 15 is 0 Å². The van der Waals surface area contributed by atoms with Crippen LogP contribution in [0.25, 0.3) is 0 Å². The van der Waals surface area contributed by atoms with E-state index in [1.54, 1.807) is 12.1 Å². The van der Waals surface area contributed by atoms with Crippen LogP contribution in [0.3, 0.4) is 0 Å². The van der Waals surface area contributed by atoms with Crippen LogP contribution in [0.1, 0.15) is 21.5 Å². The molecule has 0 saturated heterocycles. The van der Waals surface area contributed by atoms with Gasteiger partial charge in [-0.05, 0) is 35.9 Å². The SMILES string of the molecule is O=C(O)c1cccc(N/N=C/c2ccc(C(F)(F)F)cc2)c1. The first-order valence-corrected chi connectivity index (χ1v) is 6.16. The number of alkyl halides is 3. The van der Waals surface area contributed by atoms with Gasteiger partial charge in [-0.1, -0.05) is 18.2 Å². The van der Waals surface area contributed by atoms with Gasteiger partial charge in [-0.15, -0.1) is 0 Å². The molecule has 0 radical (unpaired) electrons. The molecule has 0 aliphatic rings. The first-order chi connectivity index (χ1) is 10.4. The van der Waals surface area contributed by atoms with Gasteiger partial charge in [0, 0.05) is 0 Å². The fourth-order valence-corrected chi connectivity index (χ4v) is 1.66. The van der Waals surface area contributed by atoms with Gasteiger partial charge in [-0.25, -0.2) is 4.79 Å². The molecule has 2 rings (SSSR count). The molecule has 22 heavy (non-hydrogen) atoms. The van der Waals surface area contributed by atoms with Crippen molar-refractivity contribution < 1.29 is 23.1 Å². The van der Waals surface area contributed by atoms with Crippen molar-refractivity contribution >= 4 is 17.9 Å². The van der Waals surface area contributed by atoms with Crippen LogP contribution in [0.4, 0.5) is 18.9 Å². The molecule has 0 bridgehead atoms. The third-order valence-electron chi connectivity index (χ3n) is 2.75. The van der Waals surface area contributed by atoms with E-state index in [2.05, 4.69) is 10.5 Å². The predicted octanol–water partition coefficient (Wildman–Crippen LogP) is 3.85. The lowest BCUT2D eigenvalue weighted by atomic mass is 10.1. The Morgan fingerprint density at radius 2 is 1.82 bits per heavy atom. The molecule has 4 nitrogen and oxygen atoms in total. The molecule has 0 aliphatic carbocycles. The molecular formula is C15H11F3N2O2. The minimum Gasteiger partial charge on any atom is -0.478 e. The highest BCUT2D eigenvalue weighted by molar-refractivity contribution is 5.88. The van der Waals surface area contributed by atoms with E-state index in [0.717, 1.165) is 12.1 Å². The van der Waals surface area contributed by atoms with Crippen LogP contribution in [0.15, 0.2) is 53.6 Å². The predicted molar refractivity (Wildman–Crippen MR) is 76.1 cm³/mol. The van der Waals surface area contributed by atoms with Crippen molar-refractivity contribution in [2.75, 3.05) is 5.43 Å². The van der Waals surface area contributed by atoms with Crippen LogP contribution in [-0.4, -0.2) is 17.3 Å². The Bertz CT molecular complexity index is 695. The van der Waals surface area contributed by atoms with Crippen molar-refractivity contribution in [3.63, 3.8) is 0 Å². The van der Waals surface area contributed by atoms with Gasteiger partial charge in [0.15, 0.2) is 0 Å². The number of benzene rings is 2. The minimum atomic E-state index is -4.37. The highest BCUT2D eigenvalue weighted by Crippen LogP contribution is 2.28. The number of carboxylic acid groups (broad SMARTS) is 1. The number of aromatic carboxylic acids is 1. The Morgan fingerprint density at radius 3 is 2.41 bits per heavy atom. The van der Waals surface area contributed by atoms with Crippen LogP contribution in [0.5, 0.6) is 0 Å². The number of halogens is 3. The maximum Gasteiger partial charge on any atom is 0.416 e. The summed E-state index contributed by atoms with van der Waals surface area (Å²) in [6, 6.07) is 10.5. The highest BCUT2D eigenvalue weighted by atomic mass is 19.4. The summed E-state index contributed by atoms with van der Waals surface area (Å²) in [6.07, 6.45) is -3.03. The van der Waals surface area contributed by atoms with Gasteiger partial charge in [-0.3, -0.25) is 5.43 Å². The molecule has 0 spiro atoms. The number of nitrogens with one attached hydrogen (secondary N) is 1. The largest absolute Gasteiger partial charge is 0.478 e. The molecule has 0 fully saturated rings. The average molecular weight is 308 g/mol. The first-order valence-electron chi connectivity index (χ1n) is 6.16. The molecule has 0 aliphatic heterocycles. The number of hydrazone groups is 1. The second-order valence-electron chi connectivity index (χ2n) is 4.38. The van der Waals surface area contributed by atoms with E-state index in [4.69, 9.17) is 5.11 Å². The Labute approximate surface area is 123 Å². The van der Waals surface area contributed by atoms with Gasteiger partial charge >= 0.3 is 12.1 Å². The Morgan fingerprint density at radius 1 is 1.14 bits per heavy atom. The number of anilines is 1. The molecule has 0 amide bonds. The van der Waals surface area contributed by atoms with Crippen LogP contribution in [0, 0.1) is 0 Å². The lowest BCUT2D eigenvalue weighted by Crippen LogP contribution is -2.04. The zero-order chi connectivity index (χ0) is 16.2. The molecule has 7 heteroatoms. The maximum absolute atomic E-state index is 12.4. The molecule has 0 atom stereocenters. The summed E-state index contributed by atoms with van der Waals surface area (Å²) >= 11 is 0. The third-order valence-corrected chi connectivity index (χ3v) is 2.75. The number of hydrogen-bond acceptors (Lipinski definition) is 3. The second-order valence-corrected chi connectivity index (χ2v) is 4.38. The Balaban J connectivity index is 2.03. The second kappa shape index (κ2) is 6.30. The minimum absolute atomic E-state index is 0.106. The smallest absolute Gasteiger partial charge is 0.416 e. The maximum atomic E-state index is 12.4. The summed E-state index contributed by atoms with van der Waals surface area (Å²) in [5.74, 6) is -1.06. The van der Waals surface area contributed by atoms with Crippen LogP contribution in [-0.2, 0) is 6.18 Å². The van der Waals surface area contributed by atoms with E-state index < -0.39 is 17.7 Å². The van der Waals surface area contributed by atoms with Crippen molar-refractivity contribution in [3.8, 4) is 0 Å². The van der Waals surface area contributed by atoms with Crippen molar-refractivity contribution in [1.82, 2.24) is 0 Å². The molecule has 0 heterocycles. The Hall–Kier alpha value is -2.83. The fraction of sp³-hybridized carbons (Fsp3) is 0.0667. The van der Waals surface area contributed by atoms with E-state index in [0.29, 0.717) is 11.3 Å². The van der Waals surface area contributed by atoms with Gasteiger partial charge in [0.2, 0.25) is 0 Å². The molecule has 114 valence electrons. The zero-order valence-electron chi connectivity index (χ0n) is 11.1. The first kappa shape index (κ1) is 15.6. The number of hydrogen-bond donors (Lipinski definition) is 2. The summed E-state index contributed by atoms with van der Waals surface area (Å²) in [5, 5.41) is 12.7. The monoisotopic (exact) mass is 308 g/mol. The summed E-state index contributed by atoms with van der Waals surface area (Å²) in [6.45, 7) is 0. The fourth-order valence-electron chi connectivity index (χ4n) is 1.66. The van der Waals surface area contributed by atoms with Gasteiger partial charge in [0.05, 0.1) is 23.0 Å². The molecule has 0 unspecified atom stereocenters. The highest BCUT2D eigenvalue weighted by Gasteiger charge is 2.29. The van der Waals surface area contributed by atoms with E-state index in [-0.39, 0.29) is 5.56 Å². The summed E-state index contributed by atoms with van der Waals surface area (Å²) < 4.78 is 37.2. The quantitative estimate of drug-likeness (QED) is 0.666. The van der Waals surface area contributed by atoms with Crippen molar-refractivity contribution in [1.29, 1.82) is 0 Å². The average Bonchev–Trinajstić information content (AvgIpc) is 2.47. The van der Waals surface area contributed by atoms with Gasteiger partial charge in [0.25, 0.3) is 0 Å². The third kappa shape index (κ3) is 4.08. The lowest BCUT2D eigenvalue weighted by Gasteiger charge is -2.06. The van der Waals surface area contributed by atoms with E-state index in [9.17, 15) is 18.0 Å². The topological polar surface area (TPSA) is 61.7 Å². The molecule has 2 aromatic rings. The standard InChI is InChI=1S/C15H11F3N2O2/c16-15(17,18)12-6-4-10(5-7-12)9-19-20-13-3-1-2-11(8-13)14(21)22/h1-9,20H,(H,21,22)/b19-9+. The number of carbonyl (C=O) groups is 1. The zero-order valence-corrected chi connectivity index (χ0v) is 11.1. The summed E-state index contributed by atoms with van der Waals surface area (Å²) in [4.78, 5) is 10.8. The van der Waals surface area contributed by atoms with Crippen molar-refractivity contribution in [2.24, 2.45) is 5.10 Å². The van der Waals surface area contributed by atoms with E-state index in [1.807, 2.05) is 0 Å². The van der Waals surface area contributed by atoms with Gasteiger partial charge in [0.1, 0.15) is 0 Å².